The van der Waals surface area contributed by atoms with Crippen molar-refractivity contribution in [2.24, 2.45) is 4.88 Å². The molecule has 1 saturated heterocycles. The number of ether oxygens (including phenoxy) is 6. The lowest BCUT2D eigenvalue weighted by atomic mass is 9.82. The fourth-order valence-corrected chi connectivity index (χ4v) is 12.8. The van der Waals surface area contributed by atoms with Crippen LogP contribution in [-0.2, 0) is 51.9 Å². The summed E-state index contributed by atoms with van der Waals surface area (Å²) in [6, 6.07) is 26.8. The van der Waals surface area contributed by atoms with Gasteiger partial charge in [-0.3, -0.25) is 14.9 Å². The second kappa shape index (κ2) is 40.7. The molecule has 0 radical (unpaired) electrons. The second-order valence-corrected chi connectivity index (χ2v) is 29.2. The maximum absolute atomic E-state index is 12.3. The molecule has 1 aliphatic rings. The number of carbonyl (C=O) groups excluding carboxylic acids is 4. The molecule has 119 heavy (non-hydrogen) atoms. The van der Waals surface area contributed by atoms with Crippen LogP contribution in [0.3, 0.4) is 0 Å². The van der Waals surface area contributed by atoms with Crippen LogP contribution in [0.5, 0.6) is 11.5 Å². The number of azide groups is 1. The highest BCUT2D eigenvalue weighted by Crippen LogP contribution is 2.50. The van der Waals surface area contributed by atoms with Crippen molar-refractivity contribution in [3.05, 3.63) is 198 Å². The van der Waals surface area contributed by atoms with E-state index in [-0.39, 0.29) is 55.5 Å². The third kappa shape index (κ3) is 22.6. The molecule has 0 spiro atoms. The predicted octanol–water partition coefficient (Wildman–Crippen LogP) is 15.5. The number of anilines is 3. The molecular weight excluding hydrogens is 1560 g/mol. The highest BCUT2D eigenvalue weighted by atomic mass is 31.2. The number of carboxylic acids is 1. The zero-order chi connectivity index (χ0) is 86.4. The Morgan fingerprint density at radius 3 is 1.42 bits per heavy atom. The first-order chi connectivity index (χ1) is 56.9. The van der Waals surface area contributed by atoms with Crippen molar-refractivity contribution < 1.29 is 80.4 Å². The van der Waals surface area contributed by atoms with Crippen molar-refractivity contribution in [3.63, 3.8) is 0 Å². The molecule has 4 unspecified atom stereocenters. The number of carbonyl (C=O) groups is 5. The number of aromatic carboxylic acids is 1. The van der Waals surface area contributed by atoms with Crippen molar-refractivity contribution in [2.75, 3.05) is 49.0 Å². The van der Waals surface area contributed by atoms with E-state index in [2.05, 4.69) is 66.3 Å². The van der Waals surface area contributed by atoms with E-state index in [4.69, 9.17) is 58.9 Å². The van der Waals surface area contributed by atoms with Gasteiger partial charge in [0.2, 0.25) is 18.5 Å². The van der Waals surface area contributed by atoms with E-state index in [0.29, 0.717) is 118 Å². The summed E-state index contributed by atoms with van der Waals surface area (Å²) < 4.78 is 78.3. The molecule has 4 atom stereocenters. The van der Waals surface area contributed by atoms with E-state index >= 15 is 0 Å². The van der Waals surface area contributed by atoms with Crippen LogP contribution in [0.2, 0.25) is 0 Å². The summed E-state index contributed by atoms with van der Waals surface area (Å²) in [6.45, 7) is 40.7. The van der Waals surface area contributed by atoms with Gasteiger partial charge in [-0.2, -0.15) is 35.7 Å². The van der Waals surface area contributed by atoms with Crippen molar-refractivity contribution in [1.82, 2.24) is 68.0 Å². The van der Waals surface area contributed by atoms with E-state index in [9.17, 15) is 33.6 Å². The summed E-state index contributed by atoms with van der Waals surface area (Å²) in [6.07, 6.45) is 18.3. The molecule has 0 bridgehead atoms. The normalized spacial score (nSPS) is 13.7. The van der Waals surface area contributed by atoms with Gasteiger partial charge >= 0.3 is 32.9 Å². The molecule has 12 aromatic rings. The fourth-order valence-electron chi connectivity index (χ4n) is 11.8. The molecule has 1 fully saturated rings. The molecule has 3 amide bonds. The highest BCUT2D eigenvalue weighted by molar-refractivity contribution is 7.53. The number of hydrogen-bond acceptors (Lipinski definition) is 23. The Morgan fingerprint density at radius 1 is 0.571 bits per heavy atom. The van der Waals surface area contributed by atoms with E-state index in [1.807, 2.05) is 102 Å². The summed E-state index contributed by atoms with van der Waals surface area (Å²) in [7, 11) is -4.32. The first-order valence-corrected chi connectivity index (χ1v) is 39.2. The van der Waals surface area contributed by atoms with Crippen molar-refractivity contribution >= 4 is 90.6 Å². The predicted molar refractivity (Wildman–Crippen MR) is 442 cm³/mol. The molecule has 2 aromatic carbocycles. The second-order valence-electron chi connectivity index (χ2n) is 27.8. The maximum atomic E-state index is 12.3. The number of benzene rings is 2. The molecule has 13 rings (SSSR count). The van der Waals surface area contributed by atoms with Crippen LogP contribution >= 0.6 is 7.75 Å². The average Bonchev–Trinajstić information content (AvgIpc) is 1.64. The Morgan fingerprint density at radius 2 is 0.983 bits per heavy atom. The Labute approximate surface area is 685 Å². The Bertz CT molecular complexity index is 5520. The lowest BCUT2D eigenvalue weighted by molar-refractivity contribution is -0.106. The number of aromatic nitrogens is 14. The summed E-state index contributed by atoms with van der Waals surface area (Å²) in [5.41, 5.74) is 15.9. The highest BCUT2D eigenvalue weighted by Gasteiger charge is 2.52. The number of rotatable bonds is 29. The maximum Gasteiger partial charge on any atom is 0.525 e. The number of esters is 1. The average molecular weight is 1650 g/mol. The molecule has 4 N–H and O–H groups in total. The summed E-state index contributed by atoms with van der Waals surface area (Å²) >= 11 is 0. The van der Waals surface area contributed by atoms with Crippen LogP contribution < -0.4 is 30.5 Å². The summed E-state index contributed by atoms with van der Waals surface area (Å²) in [5.74, 6) is -0.506. The van der Waals surface area contributed by atoms with E-state index in [1.165, 1.54) is 33.7 Å². The Balaban J connectivity index is 0.000000171. The Hall–Kier alpha value is -13.0. The third-order valence-electron chi connectivity index (χ3n) is 17.9. The van der Waals surface area contributed by atoms with Crippen LogP contribution in [-0.4, -0.2) is 161 Å². The van der Waals surface area contributed by atoms with Gasteiger partial charge in [-0.25, -0.2) is 56.1 Å². The minimum absolute atomic E-state index is 0.0315. The SMILES string of the molecule is CCOC(C)n1cc(-c2c(NC=O)cnn3c(C(=O)O)ccc23)cn1.CCOC(C)n1cc(-c2c(NC=O)cnn3c(NC(=O)OC(C)(C)C)ccc23)cn1.CCOC(C)n1cc(B2OC(C)(C)C(C)(C)O2)cn1.[C-]#[N+]c1cnn2c(C(=O)OCC)ccc2c1-c1cnn(C(C)OCC)c1.[N-]=[N+]=NP(=O)(Oc1ccccc1)Oc1ccccc1. The lowest BCUT2D eigenvalue weighted by Crippen LogP contribution is -2.41. The van der Waals surface area contributed by atoms with Crippen molar-refractivity contribution in [2.45, 2.75) is 152 Å². The van der Waals surface area contributed by atoms with E-state index < -0.39 is 31.4 Å². The van der Waals surface area contributed by atoms with E-state index in [0.717, 1.165) is 16.6 Å². The molecule has 0 aliphatic carbocycles. The number of fused-ring (bicyclic) bond motifs is 3. The zero-order valence-corrected chi connectivity index (χ0v) is 69.5. The summed E-state index contributed by atoms with van der Waals surface area (Å²) in [4.78, 5) is 66.9. The van der Waals surface area contributed by atoms with E-state index in [1.54, 1.807) is 173 Å². The van der Waals surface area contributed by atoms with Crippen LogP contribution in [0.25, 0.3) is 65.2 Å². The van der Waals surface area contributed by atoms with Crippen LogP contribution in [0.1, 0.15) is 157 Å². The van der Waals surface area contributed by atoms with Crippen molar-refractivity contribution in [3.8, 4) is 44.9 Å². The molecule has 38 nitrogen and oxygen atoms in total. The molecule has 1 aliphatic heterocycles. The van der Waals surface area contributed by atoms with Gasteiger partial charge in [-0.15, -0.1) is 0 Å². The number of nitrogens with one attached hydrogen (secondary N) is 3. The van der Waals surface area contributed by atoms with Gasteiger partial charge in [0.25, 0.3) is 0 Å². The zero-order valence-electron chi connectivity index (χ0n) is 68.6. The number of amides is 3. The molecule has 11 heterocycles. The standard InChI is InChI=1S/C20H26N6O4.C18H19N5O3.C16H17N5O4.C13H23BN2O3.C12H10N3O3P/c1-6-29-13(2)25-11-14(9-22-25)18-15(21-12-27)10-23-26-16(18)7-8-17(26)24-19(28)30-20(3,4)5;1-5-25-12(3)22-11-13(9-20-22)17-14(19-4)10-21-23-15(17)7-8-16(23)18(24)26-6-2;1-3-25-10(2)20-8-11(6-18-20)15-12(17-9-22)7-19-21-13(15)4-5-14(21)16(23)24;1-7-17-10(2)16-9-11(8-15-16)14-18-12(3,4)13(5,6)19-14;13-14-15-19(16,17-11-7-3-1-4-8-11)18-12-9-5-2-6-10-12/h7-13H,6H2,1-5H3,(H,21,27)(H,24,28);7-12H,5-6H2,1-3H3;4-10H,3H2,1-2H3,(H,17,22)(H,23,24);8-10H,7H2,1-6H3;1-10H. The van der Waals surface area contributed by atoms with Gasteiger partial charge < -0.3 is 62.5 Å². The minimum Gasteiger partial charge on any atom is -0.477 e. The number of para-hydroxylation sites is 2. The van der Waals surface area contributed by atoms with Gasteiger partial charge in [0, 0.05) is 106 Å². The largest absolute Gasteiger partial charge is 0.525 e. The number of carboxylic acid groups (broad SMARTS) is 1. The number of hydrogen-bond donors (Lipinski definition) is 4. The first kappa shape index (κ1) is 89.9. The van der Waals surface area contributed by atoms with Gasteiger partial charge in [0.1, 0.15) is 47.8 Å². The Kier molecular flexibility index (Phi) is 30.7. The van der Waals surface area contributed by atoms with Gasteiger partial charge in [0.15, 0.2) is 11.4 Å². The molecule has 10 aromatic heterocycles. The smallest absolute Gasteiger partial charge is 0.477 e. The lowest BCUT2D eigenvalue weighted by Gasteiger charge is -2.32. The van der Waals surface area contributed by atoms with Crippen LogP contribution in [0.4, 0.5) is 27.7 Å². The molecule has 0 saturated carbocycles. The quantitative estimate of drug-likeness (QED) is 0.00494. The minimum atomic E-state index is -3.95. The fraction of sp³-hybridized carbons (Fsp3) is 0.354. The van der Waals surface area contributed by atoms with Gasteiger partial charge in [-0.1, -0.05) is 36.4 Å². The van der Waals surface area contributed by atoms with Crippen molar-refractivity contribution in [1.29, 1.82) is 0 Å². The van der Waals surface area contributed by atoms with Crippen LogP contribution in [0.15, 0.2) is 170 Å². The monoisotopic (exact) mass is 1650 g/mol. The topological polar surface area (TPSA) is 427 Å². The molecule has 626 valence electrons. The van der Waals surface area contributed by atoms with Gasteiger partial charge in [0.05, 0.1) is 89.5 Å². The number of nitrogens with zero attached hydrogens (tertiary/aromatic N) is 18. The van der Waals surface area contributed by atoms with Crippen LogP contribution in [0, 0.1) is 6.57 Å². The molecule has 40 heteroatoms. The van der Waals surface area contributed by atoms with Gasteiger partial charge in [-0.05, 0) is 177 Å². The first-order valence-electron chi connectivity index (χ1n) is 37.7. The summed E-state index contributed by atoms with van der Waals surface area (Å²) in [5, 5.41) is 47.2. The third-order valence-corrected chi connectivity index (χ3v) is 19.1. The molecular formula is C79H95BN21O17P.